The van der Waals surface area contributed by atoms with E-state index < -0.39 is 0 Å². The van der Waals surface area contributed by atoms with E-state index in [4.69, 9.17) is 0 Å². The Morgan fingerprint density at radius 3 is 2.83 bits per heavy atom. The van der Waals surface area contributed by atoms with Crippen LogP contribution >= 0.6 is 0 Å². The lowest BCUT2D eigenvalue weighted by molar-refractivity contribution is 0.933. The molecule has 0 radical (unpaired) electrons. The van der Waals surface area contributed by atoms with Crippen molar-refractivity contribution in [1.82, 2.24) is 9.97 Å². The Balaban J connectivity index is 3.17. The molecular weight excluding hydrogens is 152 g/mol. The number of rotatable bonds is 1. The van der Waals surface area contributed by atoms with Gasteiger partial charge in [-0.15, -0.1) is 5.10 Å². The zero-order valence-corrected chi connectivity index (χ0v) is 7.50. The number of nitrogens with zero attached hydrogens (tertiary/aromatic N) is 3. The molecule has 0 spiro atoms. The number of aromatic nitrogens is 2. The Bertz CT molecular complexity index is 325. The highest BCUT2D eigenvalue weighted by atomic mass is 15.2. The van der Waals surface area contributed by atoms with Crippen molar-refractivity contribution in [2.75, 3.05) is 0 Å². The van der Waals surface area contributed by atoms with Gasteiger partial charge in [-0.05, 0) is 20.8 Å². The summed E-state index contributed by atoms with van der Waals surface area (Å²) in [6.07, 6.45) is 1.64. The second kappa shape index (κ2) is 3.80. The number of hydrogen-bond donors (Lipinski definition) is 1. The van der Waals surface area contributed by atoms with Crippen molar-refractivity contribution in [2.45, 2.75) is 20.8 Å². The molecule has 1 heterocycles. The van der Waals surface area contributed by atoms with E-state index in [2.05, 4.69) is 20.2 Å². The molecule has 1 aromatic rings. The Morgan fingerprint density at radius 1 is 1.50 bits per heavy atom. The molecule has 1 rings (SSSR count). The maximum absolute atomic E-state index is 4.17. The van der Waals surface area contributed by atoms with Crippen molar-refractivity contribution in [3.05, 3.63) is 23.1 Å². The molecule has 4 nitrogen and oxygen atoms in total. The van der Waals surface area contributed by atoms with E-state index in [-0.39, 0.29) is 0 Å². The molecule has 0 saturated heterocycles. The Labute approximate surface area is 71.1 Å². The van der Waals surface area contributed by atoms with Crippen molar-refractivity contribution in [3.8, 4) is 0 Å². The fraction of sp³-hybridized carbons (Fsp3) is 0.375. The minimum absolute atomic E-state index is 0.734. The molecule has 1 aromatic heterocycles. The smallest absolute Gasteiger partial charge is 0.155 e. The van der Waals surface area contributed by atoms with E-state index in [1.807, 2.05) is 26.8 Å². The van der Waals surface area contributed by atoms with Gasteiger partial charge in [0.25, 0.3) is 0 Å². The Hall–Kier alpha value is -1.45. The van der Waals surface area contributed by atoms with Crippen LogP contribution in [0.15, 0.2) is 16.3 Å². The van der Waals surface area contributed by atoms with Crippen molar-refractivity contribution in [1.29, 1.82) is 0 Å². The third-order valence-corrected chi connectivity index (χ3v) is 1.28. The summed E-state index contributed by atoms with van der Waals surface area (Å²) in [6.45, 7) is 5.64. The number of nitrogens with one attached hydrogen (secondary N) is 1. The summed E-state index contributed by atoms with van der Waals surface area (Å²) in [5.41, 5.74) is 1.68. The molecule has 0 saturated carbocycles. The van der Waals surface area contributed by atoms with Gasteiger partial charge in [0.1, 0.15) is 5.82 Å². The molecule has 0 aromatic carbocycles. The molecule has 0 fully saturated rings. The Morgan fingerprint density at radius 2 is 2.25 bits per heavy atom. The summed E-state index contributed by atoms with van der Waals surface area (Å²) in [5.74, 6) is 0.847. The standard InChI is InChI=1S/C8H12N4/c1-4-9-12-8-5-6(2)10-7(3)11-8/h4-5H,1-3H3,(H,10,11,12)/b9-4-. The average molecular weight is 164 g/mol. The molecule has 4 heteroatoms. The van der Waals surface area contributed by atoms with Gasteiger partial charge in [-0.25, -0.2) is 4.98 Å². The van der Waals surface area contributed by atoms with E-state index in [0.717, 1.165) is 17.0 Å². The van der Waals surface area contributed by atoms with Crippen LogP contribution in [0.3, 0.4) is 0 Å². The van der Waals surface area contributed by atoms with Gasteiger partial charge in [0.05, 0.1) is 0 Å². The van der Waals surface area contributed by atoms with Crippen LogP contribution in [0.5, 0.6) is 0 Å². The molecule has 12 heavy (non-hydrogen) atoms. The summed E-state index contributed by atoms with van der Waals surface area (Å²) < 4.78 is 0. The minimum atomic E-state index is 0.734. The van der Waals surface area contributed by atoms with Gasteiger partial charge in [-0.1, -0.05) is 0 Å². The van der Waals surface area contributed by atoms with E-state index in [9.17, 15) is 0 Å². The highest BCUT2D eigenvalue weighted by molar-refractivity contribution is 5.52. The summed E-state index contributed by atoms with van der Waals surface area (Å²) in [6, 6.07) is 1.85. The number of aryl methyl sites for hydroxylation is 2. The highest BCUT2D eigenvalue weighted by Crippen LogP contribution is 1.85. The first-order valence-electron chi connectivity index (χ1n) is 3.78. The highest BCUT2D eigenvalue weighted by Gasteiger charge is 1.88. The quantitative estimate of drug-likeness (QED) is 0.487. The van der Waals surface area contributed by atoms with Crippen LogP contribution in [-0.2, 0) is 0 Å². The van der Waals surface area contributed by atoms with Crippen LogP contribution in [0, 0.1) is 13.8 Å². The monoisotopic (exact) mass is 164 g/mol. The summed E-state index contributed by atoms with van der Waals surface area (Å²) in [7, 11) is 0. The maximum Gasteiger partial charge on any atom is 0.155 e. The van der Waals surface area contributed by atoms with Gasteiger partial charge in [-0.2, -0.15) is 5.10 Å². The molecule has 0 bridgehead atoms. The molecule has 0 aliphatic rings. The lowest BCUT2D eigenvalue weighted by atomic mass is 10.4. The van der Waals surface area contributed by atoms with E-state index in [1.54, 1.807) is 6.21 Å². The predicted octanol–water partition coefficient (Wildman–Crippen LogP) is 0.933. The zero-order chi connectivity index (χ0) is 8.97. The van der Waals surface area contributed by atoms with Crippen molar-refractivity contribution in [2.24, 2.45) is 10.2 Å². The van der Waals surface area contributed by atoms with Crippen LogP contribution in [-0.4, -0.2) is 16.2 Å². The largest absolute Gasteiger partial charge is 0.327 e. The summed E-state index contributed by atoms with van der Waals surface area (Å²) >= 11 is 0. The normalized spacial score (nSPS) is 12.8. The van der Waals surface area contributed by atoms with Crippen LogP contribution in [0.25, 0.3) is 0 Å². The molecular formula is C8H12N4. The molecule has 0 unspecified atom stereocenters. The fourth-order valence-corrected chi connectivity index (χ4v) is 0.918. The third kappa shape index (κ3) is 2.30. The van der Waals surface area contributed by atoms with Crippen LogP contribution < -0.4 is 5.49 Å². The van der Waals surface area contributed by atoms with E-state index in [0.29, 0.717) is 0 Å². The van der Waals surface area contributed by atoms with Gasteiger partial charge in [0, 0.05) is 18.0 Å². The number of H-pyrrole nitrogens is 1. The lowest BCUT2D eigenvalue weighted by Gasteiger charge is -1.94. The van der Waals surface area contributed by atoms with Crippen molar-refractivity contribution < 1.29 is 0 Å². The average Bonchev–Trinajstić information content (AvgIpc) is 1.99. The molecule has 0 amide bonds. The molecule has 0 aliphatic heterocycles. The van der Waals surface area contributed by atoms with E-state index in [1.165, 1.54) is 0 Å². The summed E-state index contributed by atoms with van der Waals surface area (Å²) in [4.78, 5) is 7.17. The van der Waals surface area contributed by atoms with Gasteiger partial charge in [0.15, 0.2) is 5.49 Å². The van der Waals surface area contributed by atoms with E-state index >= 15 is 0 Å². The fourth-order valence-electron chi connectivity index (χ4n) is 0.918. The number of hydrogen-bond acceptors (Lipinski definition) is 3. The summed E-state index contributed by atoms with van der Waals surface area (Å²) in [5, 5.41) is 7.69. The molecule has 0 aliphatic carbocycles. The first kappa shape index (κ1) is 8.64. The van der Waals surface area contributed by atoms with Gasteiger partial charge in [0.2, 0.25) is 0 Å². The predicted molar refractivity (Wildman–Crippen MR) is 47.8 cm³/mol. The molecule has 1 N–H and O–H groups in total. The van der Waals surface area contributed by atoms with Crippen molar-refractivity contribution >= 4 is 6.21 Å². The maximum atomic E-state index is 4.17. The van der Waals surface area contributed by atoms with Gasteiger partial charge < -0.3 is 4.98 Å². The van der Waals surface area contributed by atoms with Crippen molar-refractivity contribution in [3.63, 3.8) is 0 Å². The zero-order valence-electron chi connectivity index (χ0n) is 7.50. The SMILES string of the molecule is C/C=N\N=c1\cc(C)nc(C)[nH]1. The first-order chi connectivity index (χ1) is 5.72. The van der Waals surface area contributed by atoms with Gasteiger partial charge in [-0.3, -0.25) is 0 Å². The van der Waals surface area contributed by atoms with Crippen LogP contribution in [0.1, 0.15) is 18.4 Å². The first-order valence-corrected chi connectivity index (χ1v) is 3.78. The van der Waals surface area contributed by atoms with Crippen LogP contribution in [0.2, 0.25) is 0 Å². The topological polar surface area (TPSA) is 53.4 Å². The van der Waals surface area contributed by atoms with Crippen LogP contribution in [0.4, 0.5) is 0 Å². The van der Waals surface area contributed by atoms with Gasteiger partial charge >= 0.3 is 0 Å². The third-order valence-electron chi connectivity index (χ3n) is 1.28. The second-order valence-corrected chi connectivity index (χ2v) is 2.47. The lowest BCUT2D eigenvalue weighted by Crippen LogP contribution is -2.10. The number of aromatic amines is 1. The Kier molecular flexibility index (Phi) is 2.74. The minimum Gasteiger partial charge on any atom is -0.327 e. The molecule has 0 atom stereocenters. The second-order valence-electron chi connectivity index (χ2n) is 2.47. The molecule has 64 valence electrons.